The number of aryl methyl sites for hydroxylation is 2. The SMILES string of the molecule is Cc1ccc2c(CC(=O)N3CC[C@@H](c4[nH]ncc4C)C3)coc2c1. The van der Waals surface area contributed by atoms with E-state index < -0.39 is 0 Å². The number of aromatic nitrogens is 2. The zero-order valence-electron chi connectivity index (χ0n) is 14.0. The molecule has 5 heteroatoms. The molecule has 1 aromatic carbocycles. The van der Waals surface area contributed by atoms with Crippen molar-refractivity contribution < 1.29 is 9.21 Å². The van der Waals surface area contributed by atoms with E-state index in [4.69, 9.17) is 4.42 Å². The van der Waals surface area contributed by atoms with Crippen LogP contribution in [0.3, 0.4) is 0 Å². The molecule has 1 saturated heterocycles. The lowest BCUT2D eigenvalue weighted by Gasteiger charge is -2.16. The van der Waals surface area contributed by atoms with E-state index in [2.05, 4.69) is 23.2 Å². The highest BCUT2D eigenvalue weighted by atomic mass is 16.3. The molecule has 3 aromatic rings. The number of fused-ring (bicyclic) bond motifs is 1. The van der Waals surface area contributed by atoms with Crippen molar-refractivity contribution in [2.75, 3.05) is 13.1 Å². The molecule has 0 unspecified atom stereocenters. The average molecular weight is 323 g/mol. The van der Waals surface area contributed by atoms with Gasteiger partial charge >= 0.3 is 0 Å². The number of aromatic amines is 1. The van der Waals surface area contributed by atoms with Crippen molar-refractivity contribution in [3.63, 3.8) is 0 Å². The number of carbonyl (C=O) groups is 1. The zero-order valence-corrected chi connectivity index (χ0v) is 14.0. The Hall–Kier alpha value is -2.56. The second kappa shape index (κ2) is 5.82. The summed E-state index contributed by atoms with van der Waals surface area (Å²) >= 11 is 0. The van der Waals surface area contributed by atoms with Crippen LogP contribution in [-0.4, -0.2) is 34.1 Å². The number of furan rings is 1. The van der Waals surface area contributed by atoms with Crippen molar-refractivity contribution in [1.82, 2.24) is 15.1 Å². The third-order valence-electron chi connectivity index (χ3n) is 4.97. The number of nitrogens with zero attached hydrogens (tertiary/aromatic N) is 2. The van der Waals surface area contributed by atoms with Crippen molar-refractivity contribution in [2.45, 2.75) is 32.6 Å². The molecule has 0 bridgehead atoms. The van der Waals surface area contributed by atoms with Gasteiger partial charge < -0.3 is 9.32 Å². The normalized spacial score (nSPS) is 17.8. The first-order valence-corrected chi connectivity index (χ1v) is 8.36. The van der Waals surface area contributed by atoms with E-state index in [1.54, 1.807) is 6.26 Å². The minimum Gasteiger partial charge on any atom is -0.464 e. The Morgan fingerprint density at radius 1 is 1.42 bits per heavy atom. The van der Waals surface area contributed by atoms with Crippen LogP contribution < -0.4 is 0 Å². The van der Waals surface area contributed by atoms with Gasteiger partial charge in [0.2, 0.25) is 5.91 Å². The molecular formula is C19H21N3O2. The maximum absolute atomic E-state index is 12.7. The zero-order chi connectivity index (χ0) is 16.7. The molecule has 1 fully saturated rings. The molecule has 0 radical (unpaired) electrons. The smallest absolute Gasteiger partial charge is 0.227 e. The van der Waals surface area contributed by atoms with E-state index in [-0.39, 0.29) is 5.91 Å². The number of amides is 1. The summed E-state index contributed by atoms with van der Waals surface area (Å²) < 4.78 is 5.61. The molecule has 2 aromatic heterocycles. The van der Waals surface area contributed by atoms with E-state index in [0.717, 1.165) is 47.3 Å². The van der Waals surface area contributed by atoms with Gasteiger partial charge in [0, 0.05) is 35.7 Å². The van der Waals surface area contributed by atoms with Gasteiger partial charge in [-0.1, -0.05) is 12.1 Å². The van der Waals surface area contributed by atoms with Gasteiger partial charge in [0.1, 0.15) is 5.58 Å². The molecule has 3 heterocycles. The van der Waals surface area contributed by atoms with Gasteiger partial charge in [-0.05, 0) is 37.5 Å². The Morgan fingerprint density at radius 2 is 2.29 bits per heavy atom. The molecule has 1 aliphatic rings. The second-order valence-electron chi connectivity index (χ2n) is 6.73. The van der Waals surface area contributed by atoms with E-state index in [9.17, 15) is 4.79 Å². The molecule has 0 saturated carbocycles. The third-order valence-corrected chi connectivity index (χ3v) is 4.97. The van der Waals surface area contributed by atoms with E-state index in [1.807, 2.05) is 30.2 Å². The fourth-order valence-electron chi connectivity index (χ4n) is 3.59. The summed E-state index contributed by atoms with van der Waals surface area (Å²) in [5.74, 6) is 0.526. The maximum atomic E-state index is 12.7. The number of likely N-dealkylation sites (tertiary alicyclic amines) is 1. The van der Waals surface area contributed by atoms with Gasteiger partial charge in [-0.15, -0.1) is 0 Å². The molecule has 5 nitrogen and oxygen atoms in total. The van der Waals surface area contributed by atoms with Gasteiger partial charge in [-0.2, -0.15) is 5.10 Å². The number of hydrogen-bond acceptors (Lipinski definition) is 3. The van der Waals surface area contributed by atoms with Crippen molar-refractivity contribution in [3.05, 3.63) is 53.0 Å². The summed E-state index contributed by atoms with van der Waals surface area (Å²) in [5, 5.41) is 8.21. The first kappa shape index (κ1) is 15.0. The van der Waals surface area contributed by atoms with Crippen LogP contribution in [0.1, 0.15) is 34.7 Å². The molecule has 1 N–H and O–H groups in total. The van der Waals surface area contributed by atoms with Crippen LogP contribution in [0.2, 0.25) is 0 Å². The Kier molecular flexibility index (Phi) is 3.63. The largest absolute Gasteiger partial charge is 0.464 e. The number of rotatable bonds is 3. The Labute approximate surface area is 140 Å². The molecule has 4 rings (SSSR count). The van der Waals surface area contributed by atoms with Gasteiger partial charge in [0.05, 0.1) is 18.9 Å². The lowest BCUT2D eigenvalue weighted by Crippen LogP contribution is -2.29. The highest BCUT2D eigenvalue weighted by molar-refractivity contribution is 5.88. The molecule has 0 aliphatic carbocycles. The van der Waals surface area contributed by atoms with Gasteiger partial charge in [0.25, 0.3) is 0 Å². The quantitative estimate of drug-likeness (QED) is 0.804. The van der Waals surface area contributed by atoms with E-state index in [1.165, 1.54) is 5.56 Å². The predicted molar refractivity (Wildman–Crippen MR) is 91.9 cm³/mol. The van der Waals surface area contributed by atoms with Gasteiger partial charge in [-0.25, -0.2) is 0 Å². The molecule has 0 spiro atoms. The van der Waals surface area contributed by atoms with Crippen molar-refractivity contribution in [1.29, 1.82) is 0 Å². The van der Waals surface area contributed by atoms with Crippen LogP contribution in [0.5, 0.6) is 0 Å². The Morgan fingerprint density at radius 3 is 3.08 bits per heavy atom. The standard InChI is InChI=1S/C19H21N3O2/c1-12-3-4-16-15(11-24-17(16)7-12)8-18(23)22-6-5-14(10-22)19-13(2)9-20-21-19/h3-4,7,9,11,14H,5-6,8,10H2,1-2H3,(H,20,21)/t14-/m1/s1. The molecule has 1 aliphatic heterocycles. The van der Waals surface area contributed by atoms with Crippen molar-refractivity contribution >= 4 is 16.9 Å². The Balaban J connectivity index is 1.47. The van der Waals surface area contributed by atoms with Crippen LogP contribution in [0.4, 0.5) is 0 Å². The summed E-state index contributed by atoms with van der Waals surface area (Å²) in [6.45, 7) is 5.66. The summed E-state index contributed by atoms with van der Waals surface area (Å²) in [5.41, 5.74) is 5.31. The number of nitrogens with one attached hydrogen (secondary N) is 1. The van der Waals surface area contributed by atoms with Crippen LogP contribution in [-0.2, 0) is 11.2 Å². The van der Waals surface area contributed by atoms with Crippen molar-refractivity contribution in [2.24, 2.45) is 0 Å². The number of carbonyl (C=O) groups excluding carboxylic acids is 1. The van der Waals surface area contributed by atoms with E-state index in [0.29, 0.717) is 12.3 Å². The monoisotopic (exact) mass is 323 g/mol. The lowest BCUT2D eigenvalue weighted by atomic mass is 10.0. The summed E-state index contributed by atoms with van der Waals surface area (Å²) in [6.07, 6.45) is 4.94. The fourth-order valence-corrected chi connectivity index (χ4v) is 3.59. The van der Waals surface area contributed by atoms with Crippen molar-refractivity contribution in [3.8, 4) is 0 Å². The summed E-state index contributed by atoms with van der Waals surface area (Å²) in [7, 11) is 0. The topological polar surface area (TPSA) is 62.1 Å². The molecule has 1 atom stereocenters. The average Bonchev–Trinajstić information content (AvgIpc) is 3.27. The minimum atomic E-state index is 0.165. The van der Waals surface area contributed by atoms with Crippen LogP contribution in [0.15, 0.2) is 35.1 Å². The minimum absolute atomic E-state index is 0.165. The van der Waals surface area contributed by atoms with E-state index >= 15 is 0 Å². The highest BCUT2D eigenvalue weighted by Crippen LogP contribution is 2.29. The second-order valence-corrected chi connectivity index (χ2v) is 6.73. The molecular weight excluding hydrogens is 302 g/mol. The first-order valence-electron chi connectivity index (χ1n) is 8.36. The third kappa shape index (κ3) is 2.60. The number of hydrogen-bond donors (Lipinski definition) is 1. The fraction of sp³-hybridized carbons (Fsp3) is 0.368. The van der Waals surface area contributed by atoms with Gasteiger partial charge in [-0.3, -0.25) is 9.89 Å². The summed E-state index contributed by atoms with van der Waals surface area (Å²) in [6, 6.07) is 6.10. The Bertz CT molecular complexity index is 893. The molecule has 1 amide bonds. The first-order chi connectivity index (χ1) is 11.6. The highest BCUT2D eigenvalue weighted by Gasteiger charge is 2.29. The molecule has 124 valence electrons. The van der Waals surface area contributed by atoms with Crippen LogP contribution in [0, 0.1) is 13.8 Å². The maximum Gasteiger partial charge on any atom is 0.227 e. The van der Waals surface area contributed by atoms with Crippen LogP contribution in [0.25, 0.3) is 11.0 Å². The lowest BCUT2D eigenvalue weighted by molar-refractivity contribution is -0.129. The molecule has 24 heavy (non-hydrogen) atoms. The number of H-pyrrole nitrogens is 1. The summed E-state index contributed by atoms with van der Waals surface area (Å²) in [4.78, 5) is 14.6. The number of benzene rings is 1. The predicted octanol–water partition coefficient (Wildman–Crippen LogP) is 3.33. The van der Waals surface area contributed by atoms with Gasteiger partial charge in [0.15, 0.2) is 0 Å². The van der Waals surface area contributed by atoms with Crippen LogP contribution >= 0.6 is 0 Å².